The van der Waals surface area contributed by atoms with Gasteiger partial charge >= 0.3 is 0 Å². The van der Waals surface area contributed by atoms with Crippen LogP contribution in [0, 0.1) is 13.8 Å². The maximum absolute atomic E-state index is 5.93. The molecule has 0 N–H and O–H groups in total. The van der Waals surface area contributed by atoms with Crippen LogP contribution in [0.2, 0.25) is 0 Å². The minimum Gasteiger partial charge on any atom is -0.378 e. The number of nitrogens with zero attached hydrogens (tertiary/aromatic N) is 3. The number of ether oxygens (including phenoxy) is 2. The lowest BCUT2D eigenvalue weighted by Crippen LogP contribution is -2.47. The van der Waals surface area contributed by atoms with E-state index in [4.69, 9.17) is 14.5 Å². The summed E-state index contributed by atoms with van der Waals surface area (Å²) in [7, 11) is 0. The van der Waals surface area contributed by atoms with E-state index in [2.05, 4.69) is 61.4 Å². The van der Waals surface area contributed by atoms with Gasteiger partial charge in [0.25, 0.3) is 0 Å². The number of rotatable bonds is 1. The Morgan fingerprint density at radius 1 is 1.00 bits per heavy atom. The molecule has 0 unspecified atom stereocenters. The van der Waals surface area contributed by atoms with Crippen LogP contribution in [0.25, 0.3) is 20.8 Å². The zero-order valence-corrected chi connectivity index (χ0v) is 19.1. The van der Waals surface area contributed by atoms with Gasteiger partial charge in [-0.25, -0.2) is 9.56 Å². The van der Waals surface area contributed by atoms with E-state index >= 15 is 0 Å². The summed E-state index contributed by atoms with van der Waals surface area (Å²) in [6.45, 7) is 14.0. The average molecular weight is 425 g/mol. The normalized spacial score (nSPS) is 22.8. The highest BCUT2D eigenvalue weighted by Gasteiger charge is 2.26. The lowest BCUT2D eigenvalue weighted by Gasteiger charge is -2.29. The number of hydrogen-bond donors (Lipinski definition) is 0. The van der Waals surface area contributed by atoms with E-state index in [0.717, 1.165) is 50.6 Å². The molecule has 158 valence electrons. The first-order valence-electron chi connectivity index (χ1n) is 10.9. The molecular weight excluding hydrogens is 394 g/mol. The van der Waals surface area contributed by atoms with E-state index < -0.39 is 0 Å². The Morgan fingerprint density at radius 3 is 2.47 bits per heavy atom. The van der Waals surface area contributed by atoms with Crippen LogP contribution in [0.1, 0.15) is 25.0 Å². The Hall–Kier alpha value is -2.02. The van der Waals surface area contributed by atoms with Crippen molar-refractivity contribution in [2.75, 3.05) is 44.3 Å². The van der Waals surface area contributed by atoms with Crippen molar-refractivity contribution in [3.05, 3.63) is 40.7 Å². The Bertz CT molecular complexity index is 1120. The number of aromatic nitrogens is 1. The Kier molecular flexibility index (Phi) is 5.25. The standard InChI is InChI=1S/C24H30N3O2S/c1-15-9-19(26-5-7-28-8-6-26)11-21-23(15)25-24-16(2)10-20(12-22(24)30-21)27-13-17(3)29-18(4)14-27/h9-12,17-18H,5-8,13-14H2,1-4H3/q+1/t17-,18-/m0/s1. The lowest BCUT2D eigenvalue weighted by atomic mass is 10.1. The van der Waals surface area contributed by atoms with Crippen LogP contribution in [-0.4, -0.2) is 56.6 Å². The summed E-state index contributed by atoms with van der Waals surface area (Å²) in [4.78, 5) is 8.78. The van der Waals surface area contributed by atoms with Crippen LogP contribution in [0.3, 0.4) is 0 Å². The molecule has 0 radical (unpaired) electrons. The molecule has 0 aromatic heterocycles. The number of aryl methyl sites for hydroxylation is 2. The van der Waals surface area contributed by atoms with Gasteiger partial charge in [0.15, 0.2) is 13.1 Å². The van der Waals surface area contributed by atoms with Crippen molar-refractivity contribution in [2.45, 2.75) is 39.9 Å². The second kappa shape index (κ2) is 7.91. The maximum atomic E-state index is 5.93. The van der Waals surface area contributed by atoms with Crippen molar-refractivity contribution < 1.29 is 9.47 Å². The van der Waals surface area contributed by atoms with Crippen molar-refractivity contribution in [1.29, 1.82) is 0 Å². The minimum atomic E-state index is 0.252. The van der Waals surface area contributed by atoms with Gasteiger partial charge in [-0.05, 0) is 51.0 Å². The van der Waals surface area contributed by atoms with Crippen molar-refractivity contribution >= 4 is 27.2 Å². The van der Waals surface area contributed by atoms with E-state index in [1.807, 2.05) is 11.3 Å². The minimum absolute atomic E-state index is 0.252. The molecule has 3 heterocycles. The molecule has 1 aromatic carbocycles. The summed E-state index contributed by atoms with van der Waals surface area (Å²) < 4.78 is 15.2. The van der Waals surface area contributed by atoms with Crippen LogP contribution >= 0.6 is 11.3 Å². The fourth-order valence-electron chi connectivity index (χ4n) is 4.71. The van der Waals surface area contributed by atoms with Crippen molar-refractivity contribution in [3.8, 4) is 10.6 Å². The Morgan fingerprint density at radius 2 is 1.73 bits per heavy atom. The number of hydrogen-bond acceptors (Lipinski definition) is 5. The van der Waals surface area contributed by atoms with E-state index in [1.165, 1.54) is 31.7 Å². The monoisotopic (exact) mass is 424 g/mol. The summed E-state index contributed by atoms with van der Waals surface area (Å²) in [5.41, 5.74) is 6.00. The summed E-state index contributed by atoms with van der Waals surface area (Å²) >= 11 is 1.86. The molecule has 2 atom stereocenters. The highest BCUT2D eigenvalue weighted by molar-refractivity contribution is 7.21. The number of morpholine rings is 2. The van der Waals surface area contributed by atoms with E-state index in [9.17, 15) is 0 Å². The number of fused-ring (bicyclic) bond motifs is 2. The van der Waals surface area contributed by atoms with Gasteiger partial charge in [-0.3, -0.25) is 0 Å². The molecule has 6 heteroatoms. The molecule has 4 aliphatic rings. The van der Waals surface area contributed by atoms with E-state index in [0.29, 0.717) is 0 Å². The SMILES string of the molecule is Cc1cc(=[N+]2C[C@H](C)O[C@@H](C)C2)cc2sc3cc(N4CCOCC4)cc(C)c3nc1-2. The molecule has 5 nitrogen and oxygen atoms in total. The number of anilines is 1. The first-order valence-corrected chi connectivity index (χ1v) is 11.7. The second-order valence-electron chi connectivity index (χ2n) is 8.69. The van der Waals surface area contributed by atoms with Crippen LogP contribution in [0.5, 0.6) is 0 Å². The van der Waals surface area contributed by atoms with Crippen molar-refractivity contribution in [1.82, 2.24) is 9.56 Å². The largest absolute Gasteiger partial charge is 0.378 e. The molecular formula is C24H30N3O2S+. The van der Waals surface area contributed by atoms with E-state index in [-0.39, 0.29) is 12.2 Å². The van der Waals surface area contributed by atoms with Crippen LogP contribution in [0.15, 0.2) is 24.3 Å². The van der Waals surface area contributed by atoms with Gasteiger partial charge < -0.3 is 14.4 Å². The van der Waals surface area contributed by atoms with Gasteiger partial charge in [0.2, 0.25) is 5.36 Å². The predicted octanol–water partition coefficient (Wildman–Crippen LogP) is 3.43. The van der Waals surface area contributed by atoms with Crippen LogP contribution in [0.4, 0.5) is 5.69 Å². The lowest BCUT2D eigenvalue weighted by molar-refractivity contribution is -0.0262. The topological polar surface area (TPSA) is 37.6 Å². The first kappa shape index (κ1) is 19.9. The molecule has 0 spiro atoms. The van der Waals surface area contributed by atoms with Gasteiger partial charge in [-0.15, -0.1) is 11.3 Å². The van der Waals surface area contributed by atoms with Crippen molar-refractivity contribution in [2.24, 2.45) is 0 Å². The fraction of sp³-hybridized carbons (Fsp3) is 0.500. The van der Waals surface area contributed by atoms with Gasteiger partial charge in [-0.2, -0.15) is 0 Å². The van der Waals surface area contributed by atoms with Crippen LogP contribution in [-0.2, 0) is 9.47 Å². The zero-order valence-electron chi connectivity index (χ0n) is 18.3. The molecule has 0 saturated carbocycles. The second-order valence-corrected chi connectivity index (χ2v) is 9.78. The molecule has 2 saturated heterocycles. The molecule has 1 aliphatic carbocycles. The third kappa shape index (κ3) is 3.72. The molecule has 0 bridgehead atoms. The van der Waals surface area contributed by atoms with Crippen LogP contribution < -0.4 is 14.8 Å². The van der Waals surface area contributed by atoms with Crippen molar-refractivity contribution in [3.63, 3.8) is 0 Å². The predicted molar refractivity (Wildman–Crippen MR) is 124 cm³/mol. The summed E-state index contributed by atoms with van der Waals surface area (Å²) in [6.07, 6.45) is 0.503. The smallest absolute Gasteiger partial charge is 0.201 e. The van der Waals surface area contributed by atoms with Gasteiger partial charge in [-0.1, -0.05) is 0 Å². The molecule has 5 rings (SSSR count). The third-order valence-corrected chi connectivity index (χ3v) is 7.17. The molecule has 2 fully saturated rings. The summed E-state index contributed by atoms with van der Waals surface area (Å²) in [5, 5.41) is 1.28. The summed E-state index contributed by atoms with van der Waals surface area (Å²) in [5.74, 6) is 0. The van der Waals surface area contributed by atoms with Gasteiger partial charge in [0.05, 0.1) is 34.0 Å². The molecule has 30 heavy (non-hydrogen) atoms. The zero-order chi connectivity index (χ0) is 20.8. The Balaban J connectivity index is 1.66. The average Bonchev–Trinajstić information content (AvgIpc) is 2.72. The highest BCUT2D eigenvalue weighted by Crippen LogP contribution is 2.35. The molecule has 1 aromatic rings. The van der Waals surface area contributed by atoms with E-state index in [1.54, 1.807) is 0 Å². The highest BCUT2D eigenvalue weighted by atomic mass is 32.1. The quantitative estimate of drug-likeness (QED) is 0.443. The number of benzene rings is 2. The maximum Gasteiger partial charge on any atom is 0.201 e. The van der Waals surface area contributed by atoms with Gasteiger partial charge in [0.1, 0.15) is 12.2 Å². The Labute approximate surface area is 181 Å². The third-order valence-electron chi connectivity index (χ3n) is 6.11. The summed E-state index contributed by atoms with van der Waals surface area (Å²) in [6, 6.07) is 9.20. The van der Waals surface area contributed by atoms with Gasteiger partial charge in [0, 0.05) is 30.9 Å². The molecule has 3 aliphatic heterocycles. The first-order chi connectivity index (χ1) is 14.5. The molecule has 0 amide bonds. The fourth-order valence-corrected chi connectivity index (χ4v) is 5.91.